The first kappa shape index (κ1) is 24.6. The number of methoxy groups -OCH3 is 1. The van der Waals surface area contributed by atoms with E-state index in [4.69, 9.17) is 14.2 Å². The van der Waals surface area contributed by atoms with Gasteiger partial charge < -0.3 is 30.2 Å². The van der Waals surface area contributed by atoms with E-state index in [0.717, 1.165) is 30.2 Å². The number of aliphatic imine (C=N–C) groups is 1. The molecule has 8 nitrogen and oxygen atoms in total. The van der Waals surface area contributed by atoms with Crippen LogP contribution in [-0.2, 0) is 16.0 Å². The molecule has 0 radical (unpaired) electrons. The van der Waals surface area contributed by atoms with Gasteiger partial charge in [-0.15, -0.1) is 0 Å². The number of ether oxygens (including phenoxy) is 3. The molecule has 1 rings (SSSR count). The fourth-order valence-corrected chi connectivity index (χ4v) is 2.25. The van der Waals surface area contributed by atoms with Crippen LogP contribution in [0.25, 0.3) is 0 Å². The van der Waals surface area contributed by atoms with Gasteiger partial charge in [0.25, 0.3) is 0 Å². The van der Waals surface area contributed by atoms with Gasteiger partial charge in [0.2, 0.25) is 0 Å². The van der Waals surface area contributed by atoms with Crippen molar-refractivity contribution in [2.45, 2.75) is 46.3 Å². The van der Waals surface area contributed by atoms with E-state index in [-0.39, 0.29) is 0 Å². The van der Waals surface area contributed by atoms with Crippen molar-refractivity contribution in [3.8, 4) is 5.75 Å². The number of nitrogens with zero attached hydrogens (tertiary/aromatic N) is 1. The van der Waals surface area contributed by atoms with E-state index in [1.165, 1.54) is 0 Å². The molecule has 0 fully saturated rings. The smallest absolute Gasteiger partial charge is 0.407 e. The fourth-order valence-electron chi connectivity index (χ4n) is 2.25. The molecule has 0 unspecified atom stereocenters. The zero-order valence-corrected chi connectivity index (χ0v) is 18.3. The molecule has 0 heterocycles. The number of hydrogen-bond acceptors (Lipinski definition) is 5. The van der Waals surface area contributed by atoms with Crippen molar-refractivity contribution in [1.82, 2.24) is 16.0 Å². The van der Waals surface area contributed by atoms with Crippen molar-refractivity contribution in [2.75, 3.05) is 40.0 Å². The van der Waals surface area contributed by atoms with Gasteiger partial charge in [0.1, 0.15) is 18.0 Å². The zero-order chi connectivity index (χ0) is 21.5. The molecule has 0 aromatic heterocycles. The molecular weight excluding hydrogens is 372 g/mol. The number of nitrogens with one attached hydrogen (secondary N) is 3. The maximum absolute atomic E-state index is 11.6. The Morgan fingerprint density at radius 1 is 1.03 bits per heavy atom. The summed E-state index contributed by atoms with van der Waals surface area (Å²) in [6.07, 6.45) is 0.365. The van der Waals surface area contributed by atoms with Crippen molar-refractivity contribution in [2.24, 2.45) is 4.99 Å². The first-order valence-electron chi connectivity index (χ1n) is 10.0. The van der Waals surface area contributed by atoms with E-state index >= 15 is 0 Å². The second-order valence-electron chi connectivity index (χ2n) is 7.39. The van der Waals surface area contributed by atoms with Gasteiger partial charge in [-0.05, 0) is 51.8 Å². The lowest BCUT2D eigenvalue weighted by molar-refractivity contribution is 0.0527. The van der Waals surface area contributed by atoms with E-state index in [1.807, 2.05) is 52.0 Å². The minimum Gasteiger partial charge on any atom is -0.491 e. The maximum Gasteiger partial charge on any atom is 0.407 e. The highest BCUT2D eigenvalue weighted by atomic mass is 16.6. The Balaban J connectivity index is 2.36. The normalized spacial score (nSPS) is 11.7. The van der Waals surface area contributed by atoms with Crippen LogP contribution in [0.1, 0.15) is 39.7 Å². The van der Waals surface area contributed by atoms with Gasteiger partial charge in [-0.2, -0.15) is 0 Å². The third-order valence-corrected chi connectivity index (χ3v) is 3.56. The molecule has 0 saturated heterocycles. The Labute approximate surface area is 174 Å². The minimum absolute atomic E-state index is 0.396. The van der Waals surface area contributed by atoms with Crippen LogP contribution in [0.3, 0.4) is 0 Å². The first-order valence-corrected chi connectivity index (χ1v) is 10.0. The number of carbonyl (C=O) groups is 1. The monoisotopic (exact) mass is 408 g/mol. The molecule has 0 aliphatic rings. The topological polar surface area (TPSA) is 93.2 Å². The lowest BCUT2D eigenvalue weighted by atomic mass is 10.2. The molecule has 0 atom stereocenters. The Bertz CT molecular complexity index is 612. The predicted octanol–water partition coefficient (Wildman–Crippen LogP) is 2.68. The quantitative estimate of drug-likeness (QED) is 0.296. The number of carbonyl (C=O) groups excluding carboxylic acids is 1. The predicted molar refractivity (Wildman–Crippen MR) is 115 cm³/mol. The average molecular weight is 409 g/mol. The number of amides is 1. The lowest BCUT2D eigenvalue weighted by Crippen LogP contribution is -2.39. The molecule has 0 saturated carbocycles. The summed E-state index contributed by atoms with van der Waals surface area (Å²) in [5.41, 5.74) is 0.606. The van der Waals surface area contributed by atoms with Crippen LogP contribution in [0.2, 0.25) is 0 Å². The van der Waals surface area contributed by atoms with Gasteiger partial charge in [-0.25, -0.2) is 9.79 Å². The molecule has 0 bridgehead atoms. The Hall–Kier alpha value is -2.48. The Kier molecular flexibility index (Phi) is 11.6. The molecular formula is C21H36N4O4. The van der Waals surface area contributed by atoms with Gasteiger partial charge in [-0.3, -0.25) is 0 Å². The van der Waals surface area contributed by atoms with E-state index in [1.54, 1.807) is 7.11 Å². The lowest BCUT2D eigenvalue weighted by Gasteiger charge is -2.19. The molecule has 0 spiro atoms. The molecule has 29 heavy (non-hydrogen) atoms. The van der Waals surface area contributed by atoms with Crippen molar-refractivity contribution in [3.05, 3.63) is 29.8 Å². The van der Waals surface area contributed by atoms with Crippen LogP contribution < -0.4 is 20.7 Å². The maximum atomic E-state index is 11.6. The van der Waals surface area contributed by atoms with Gasteiger partial charge >= 0.3 is 6.09 Å². The standard InChI is InChI=1S/C21H36N4O4/c1-6-22-19(23-12-7-13-24-20(26)29-21(2,3)4)25-16-17-8-10-18(11-9-17)28-15-14-27-5/h8-11H,6-7,12-16H2,1-5H3,(H,24,26)(H2,22,23,25). The summed E-state index contributed by atoms with van der Waals surface area (Å²) in [4.78, 5) is 16.2. The summed E-state index contributed by atoms with van der Waals surface area (Å²) in [6, 6.07) is 7.87. The van der Waals surface area contributed by atoms with Crippen LogP contribution in [-0.4, -0.2) is 57.6 Å². The van der Waals surface area contributed by atoms with Crippen molar-refractivity contribution in [1.29, 1.82) is 0 Å². The molecule has 1 aromatic carbocycles. The summed E-state index contributed by atoms with van der Waals surface area (Å²) in [7, 11) is 1.65. The summed E-state index contributed by atoms with van der Waals surface area (Å²) >= 11 is 0. The molecule has 8 heteroatoms. The van der Waals surface area contributed by atoms with Crippen LogP contribution >= 0.6 is 0 Å². The summed E-state index contributed by atoms with van der Waals surface area (Å²) in [5.74, 6) is 1.56. The number of benzene rings is 1. The van der Waals surface area contributed by atoms with E-state index < -0.39 is 11.7 Å². The third kappa shape index (κ3) is 12.6. The summed E-state index contributed by atoms with van der Waals surface area (Å²) in [6.45, 7) is 11.2. The fraction of sp³-hybridized carbons (Fsp3) is 0.619. The molecule has 1 aromatic rings. The molecule has 0 aliphatic carbocycles. The molecule has 1 amide bonds. The SMILES string of the molecule is CCNC(=NCc1ccc(OCCOC)cc1)NCCCNC(=O)OC(C)(C)C. The van der Waals surface area contributed by atoms with E-state index in [0.29, 0.717) is 32.8 Å². The van der Waals surface area contributed by atoms with Crippen molar-refractivity contribution < 1.29 is 19.0 Å². The number of hydrogen-bond donors (Lipinski definition) is 3. The first-order chi connectivity index (χ1) is 13.8. The van der Waals surface area contributed by atoms with Crippen molar-refractivity contribution in [3.63, 3.8) is 0 Å². The highest BCUT2D eigenvalue weighted by Gasteiger charge is 2.15. The second kappa shape index (κ2) is 13.7. The third-order valence-electron chi connectivity index (χ3n) is 3.56. The highest BCUT2D eigenvalue weighted by Crippen LogP contribution is 2.12. The molecule has 3 N–H and O–H groups in total. The highest BCUT2D eigenvalue weighted by molar-refractivity contribution is 5.79. The number of alkyl carbamates (subject to hydrolysis) is 1. The Morgan fingerprint density at radius 3 is 2.34 bits per heavy atom. The van der Waals surface area contributed by atoms with Crippen LogP contribution in [0, 0.1) is 0 Å². The Morgan fingerprint density at radius 2 is 1.72 bits per heavy atom. The molecule has 164 valence electrons. The van der Waals surface area contributed by atoms with E-state index in [9.17, 15) is 4.79 Å². The van der Waals surface area contributed by atoms with Gasteiger partial charge in [0.15, 0.2) is 5.96 Å². The van der Waals surface area contributed by atoms with Gasteiger partial charge in [-0.1, -0.05) is 12.1 Å². The van der Waals surface area contributed by atoms with Crippen LogP contribution in [0.5, 0.6) is 5.75 Å². The zero-order valence-electron chi connectivity index (χ0n) is 18.3. The van der Waals surface area contributed by atoms with E-state index in [2.05, 4.69) is 20.9 Å². The van der Waals surface area contributed by atoms with Gasteiger partial charge in [0.05, 0.1) is 13.2 Å². The van der Waals surface area contributed by atoms with Gasteiger partial charge in [0, 0.05) is 26.7 Å². The number of rotatable bonds is 11. The summed E-state index contributed by atoms with van der Waals surface area (Å²) in [5, 5.41) is 9.23. The summed E-state index contributed by atoms with van der Waals surface area (Å²) < 4.78 is 15.7. The van der Waals surface area contributed by atoms with Crippen LogP contribution in [0.4, 0.5) is 4.79 Å². The minimum atomic E-state index is -0.485. The largest absolute Gasteiger partial charge is 0.491 e. The van der Waals surface area contributed by atoms with Crippen LogP contribution in [0.15, 0.2) is 29.3 Å². The number of guanidine groups is 1. The molecule has 0 aliphatic heterocycles. The second-order valence-corrected chi connectivity index (χ2v) is 7.39. The van der Waals surface area contributed by atoms with Crippen molar-refractivity contribution >= 4 is 12.1 Å². The average Bonchev–Trinajstić information content (AvgIpc) is 2.65.